The normalized spacial score (nSPS) is 9.60. The number of nitrogens with two attached hydrogens (primary N) is 1. The van der Waals surface area contributed by atoms with E-state index in [4.69, 9.17) is 10.5 Å². The molecule has 0 unspecified atom stereocenters. The van der Waals surface area contributed by atoms with Gasteiger partial charge in [0.25, 0.3) is 0 Å². The van der Waals surface area contributed by atoms with Crippen molar-refractivity contribution in [1.29, 1.82) is 0 Å². The van der Waals surface area contributed by atoms with Crippen LogP contribution in [0.25, 0.3) is 11.2 Å². The smallest absolute Gasteiger partial charge is 0.246 e. The Morgan fingerprint density at radius 1 is 1.33 bits per heavy atom. The molecular formula is C9H15N5O. The second-order valence-electron chi connectivity index (χ2n) is 2.62. The fourth-order valence-corrected chi connectivity index (χ4v) is 1.14. The fourth-order valence-electron chi connectivity index (χ4n) is 1.14. The van der Waals surface area contributed by atoms with Crippen molar-refractivity contribution in [3.63, 3.8) is 0 Å². The van der Waals surface area contributed by atoms with Gasteiger partial charge in [-0.25, -0.2) is 4.98 Å². The Hall–Kier alpha value is -1.85. The van der Waals surface area contributed by atoms with Crippen molar-refractivity contribution in [2.45, 2.75) is 13.8 Å². The molecule has 0 saturated carbocycles. The highest BCUT2D eigenvalue weighted by Crippen LogP contribution is 2.20. The molecule has 2 aromatic rings. The molecule has 2 N–H and O–H groups in total. The Morgan fingerprint density at radius 2 is 2.00 bits per heavy atom. The zero-order valence-electron chi connectivity index (χ0n) is 9.35. The fraction of sp³-hybridized carbons (Fsp3) is 0.444. The number of hydrogen-bond acceptors (Lipinski definition) is 5. The van der Waals surface area contributed by atoms with Crippen LogP contribution in [0.15, 0.2) is 6.33 Å². The van der Waals surface area contributed by atoms with Crippen molar-refractivity contribution in [3.05, 3.63) is 6.33 Å². The number of imidazole rings is 1. The van der Waals surface area contributed by atoms with E-state index in [2.05, 4.69) is 15.0 Å². The number of ether oxygens (including phenoxy) is 1. The summed E-state index contributed by atoms with van der Waals surface area (Å²) in [5, 5.41) is 0. The highest BCUT2D eigenvalue weighted by atomic mass is 16.5. The van der Waals surface area contributed by atoms with Gasteiger partial charge in [-0.1, -0.05) is 13.8 Å². The standard InChI is InChI=1S/C7H9N5O.C2H6/c1-12-3-9-4-5(12)10-7(8)11-6(4)13-2;1-2/h3H,1-2H3,(H2,8,10,11);1-2H3. The van der Waals surface area contributed by atoms with E-state index in [-0.39, 0.29) is 5.95 Å². The Kier molecular flexibility index (Phi) is 3.43. The van der Waals surface area contributed by atoms with E-state index >= 15 is 0 Å². The first kappa shape index (κ1) is 11.2. The molecule has 0 aromatic carbocycles. The van der Waals surface area contributed by atoms with Gasteiger partial charge in [0.15, 0.2) is 11.2 Å². The van der Waals surface area contributed by atoms with Crippen LogP contribution in [0.2, 0.25) is 0 Å². The summed E-state index contributed by atoms with van der Waals surface area (Å²) in [4.78, 5) is 12.0. The predicted octanol–water partition coefficient (Wildman–Crippen LogP) is 0.980. The third-order valence-electron chi connectivity index (χ3n) is 1.74. The summed E-state index contributed by atoms with van der Waals surface area (Å²) in [6, 6.07) is 0. The minimum absolute atomic E-state index is 0.188. The van der Waals surface area contributed by atoms with Gasteiger partial charge in [0.05, 0.1) is 13.4 Å². The Bertz CT molecular complexity index is 451. The minimum Gasteiger partial charge on any atom is -0.479 e. The van der Waals surface area contributed by atoms with Gasteiger partial charge in [-0.3, -0.25) is 0 Å². The first-order valence-corrected chi connectivity index (χ1v) is 4.71. The van der Waals surface area contributed by atoms with Crippen molar-refractivity contribution in [1.82, 2.24) is 19.5 Å². The molecule has 0 amide bonds. The molecule has 0 fully saturated rings. The number of nitrogens with zero attached hydrogens (tertiary/aromatic N) is 4. The van der Waals surface area contributed by atoms with Gasteiger partial charge in [0, 0.05) is 7.05 Å². The Balaban J connectivity index is 0.000000531. The van der Waals surface area contributed by atoms with E-state index in [0.29, 0.717) is 17.0 Å². The van der Waals surface area contributed by atoms with Crippen LogP contribution in [0, 0.1) is 0 Å². The molecule has 2 aromatic heterocycles. The highest BCUT2D eigenvalue weighted by molar-refractivity contribution is 5.77. The van der Waals surface area contributed by atoms with Gasteiger partial charge in [-0.05, 0) is 0 Å². The lowest BCUT2D eigenvalue weighted by molar-refractivity contribution is 0.402. The van der Waals surface area contributed by atoms with Crippen molar-refractivity contribution in [3.8, 4) is 5.88 Å². The highest BCUT2D eigenvalue weighted by Gasteiger charge is 2.10. The summed E-state index contributed by atoms with van der Waals surface area (Å²) in [7, 11) is 3.36. The Morgan fingerprint density at radius 3 is 2.60 bits per heavy atom. The second kappa shape index (κ2) is 4.59. The van der Waals surface area contributed by atoms with E-state index in [1.54, 1.807) is 10.9 Å². The molecule has 15 heavy (non-hydrogen) atoms. The SMILES string of the molecule is CC.COc1nc(N)nc2c1ncn2C. The summed E-state index contributed by atoms with van der Waals surface area (Å²) in [5.41, 5.74) is 6.78. The van der Waals surface area contributed by atoms with E-state index in [1.165, 1.54) is 7.11 Å². The van der Waals surface area contributed by atoms with Crippen molar-refractivity contribution in [2.75, 3.05) is 12.8 Å². The van der Waals surface area contributed by atoms with Crippen LogP contribution in [-0.4, -0.2) is 26.6 Å². The average Bonchev–Trinajstić information content (AvgIpc) is 2.62. The summed E-state index contributed by atoms with van der Waals surface area (Å²) < 4.78 is 6.77. The minimum atomic E-state index is 0.188. The number of rotatable bonds is 1. The molecule has 82 valence electrons. The van der Waals surface area contributed by atoms with Crippen LogP contribution >= 0.6 is 0 Å². The predicted molar refractivity (Wildman–Crippen MR) is 58.6 cm³/mol. The maximum atomic E-state index is 5.48. The third-order valence-corrected chi connectivity index (χ3v) is 1.74. The van der Waals surface area contributed by atoms with E-state index in [9.17, 15) is 0 Å². The molecular weight excluding hydrogens is 194 g/mol. The van der Waals surface area contributed by atoms with Crippen molar-refractivity contribution < 1.29 is 4.74 Å². The number of methoxy groups -OCH3 is 1. The average molecular weight is 209 g/mol. The van der Waals surface area contributed by atoms with Crippen molar-refractivity contribution >= 4 is 17.1 Å². The van der Waals surface area contributed by atoms with Crippen LogP contribution in [0.5, 0.6) is 5.88 Å². The molecule has 0 bridgehead atoms. The number of fused-ring (bicyclic) bond motifs is 1. The van der Waals surface area contributed by atoms with Crippen LogP contribution < -0.4 is 10.5 Å². The maximum Gasteiger partial charge on any atom is 0.246 e. The van der Waals surface area contributed by atoms with Gasteiger partial charge in [0.2, 0.25) is 11.8 Å². The van der Waals surface area contributed by atoms with Gasteiger partial charge in [0.1, 0.15) is 0 Å². The monoisotopic (exact) mass is 209 g/mol. The Labute approximate surface area is 88.1 Å². The molecule has 2 heterocycles. The summed E-state index contributed by atoms with van der Waals surface area (Å²) in [6.07, 6.45) is 1.64. The zero-order chi connectivity index (χ0) is 11.4. The van der Waals surface area contributed by atoms with E-state index in [0.717, 1.165) is 0 Å². The lowest BCUT2D eigenvalue weighted by Crippen LogP contribution is -2.00. The van der Waals surface area contributed by atoms with Gasteiger partial charge >= 0.3 is 0 Å². The molecule has 0 aliphatic carbocycles. The van der Waals surface area contributed by atoms with E-state index in [1.807, 2.05) is 20.9 Å². The number of nitrogen functional groups attached to an aromatic ring is 1. The van der Waals surface area contributed by atoms with Crippen LogP contribution in [-0.2, 0) is 7.05 Å². The molecule has 0 aliphatic heterocycles. The van der Waals surface area contributed by atoms with Crippen LogP contribution in [0.3, 0.4) is 0 Å². The lowest BCUT2D eigenvalue weighted by Gasteiger charge is -2.00. The van der Waals surface area contributed by atoms with E-state index < -0.39 is 0 Å². The molecule has 0 aliphatic rings. The molecule has 6 nitrogen and oxygen atoms in total. The largest absolute Gasteiger partial charge is 0.479 e. The van der Waals surface area contributed by atoms with Crippen LogP contribution in [0.1, 0.15) is 13.8 Å². The van der Waals surface area contributed by atoms with Gasteiger partial charge in [-0.15, -0.1) is 0 Å². The van der Waals surface area contributed by atoms with Crippen LogP contribution in [0.4, 0.5) is 5.95 Å². The van der Waals surface area contributed by atoms with Gasteiger partial charge in [-0.2, -0.15) is 9.97 Å². The molecule has 6 heteroatoms. The number of anilines is 1. The molecule has 0 atom stereocenters. The summed E-state index contributed by atoms with van der Waals surface area (Å²) in [5.74, 6) is 0.594. The number of aromatic nitrogens is 4. The molecule has 0 spiro atoms. The second-order valence-corrected chi connectivity index (χ2v) is 2.62. The third kappa shape index (κ3) is 1.98. The topological polar surface area (TPSA) is 78.8 Å². The number of hydrogen-bond donors (Lipinski definition) is 1. The first-order chi connectivity index (χ1) is 7.22. The van der Waals surface area contributed by atoms with Gasteiger partial charge < -0.3 is 15.0 Å². The summed E-state index contributed by atoms with van der Waals surface area (Å²) >= 11 is 0. The molecule has 0 radical (unpaired) electrons. The quantitative estimate of drug-likeness (QED) is 0.757. The lowest BCUT2D eigenvalue weighted by atomic mass is 10.5. The summed E-state index contributed by atoms with van der Waals surface area (Å²) in [6.45, 7) is 4.00. The first-order valence-electron chi connectivity index (χ1n) is 4.71. The molecule has 2 rings (SSSR count). The number of aryl methyl sites for hydroxylation is 1. The maximum absolute atomic E-state index is 5.48. The molecule has 0 saturated heterocycles. The zero-order valence-corrected chi connectivity index (χ0v) is 9.35. The van der Waals surface area contributed by atoms with Crippen molar-refractivity contribution in [2.24, 2.45) is 7.05 Å².